The van der Waals surface area contributed by atoms with Crippen LogP contribution in [-0.4, -0.2) is 52.1 Å². The molecule has 2 unspecified atom stereocenters. The number of nitrogens with zero attached hydrogens (tertiary/aromatic N) is 4. The van der Waals surface area contributed by atoms with Gasteiger partial charge in [-0.3, -0.25) is 4.79 Å². The van der Waals surface area contributed by atoms with E-state index in [1.165, 1.54) is 12.1 Å². The molecule has 3 saturated heterocycles. The number of carbonyl (C=O) groups excluding carboxylic acids is 1. The molecule has 6 rings (SSSR count). The van der Waals surface area contributed by atoms with Crippen molar-refractivity contribution in [2.75, 3.05) is 24.5 Å². The number of carbonyl (C=O) groups is 1. The van der Waals surface area contributed by atoms with Crippen LogP contribution in [-0.2, 0) is 0 Å². The fourth-order valence-electron chi connectivity index (χ4n) is 5.73. The Morgan fingerprint density at radius 1 is 1.06 bits per heavy atom. The molecule has 5 heterocycles. The predicted octanol–water partition coefficient (Wildman–Crippen LogP) is 3.53. The molecule has 0 aliphatic carbocycles. The molecule has 3 aliphatic heterocycles. The van der Waals surface area contributed by atoms with E-state index in [4.69, 9.17) is 0 Å². The van der Waals surface area contributed by atoms with Crippen molar-refractivity contribution < 1.29 is 13.6 Å². The van der Waals surface area contributed by atoms with Crippen LogP contribution in [0.4, 0.5) is 14.5 Å². The highest BCUT2D eigenvalue weighted by atomic mass is 19.1. The van der Waals surface area contributed by atoms with Gasteiger partial charge in [0.05, 0.1) is 23.3 Å². The van der Waals surface area contributed by atoms with E-state index in [0.29, 0.717) is 11.1 Å². The smallest absolute Gasteiger partial charge is 0.258 e. The van der Waals surface area contributed by atoms with Crippen LogP contribution >= 0.6 is 0 Å². The molecular formula is C24H25F2N5O. The summed E-state index contributed by atoms with van der Waals surface area (Å²) in [6.45, 7) is 2.42. The van der Waals surface area contributed by atoms with Crippen molar-refractivity contribution in [3.8, 4) is 0 Å². The molecule has 166 valence electrons. The van der Waals surface area contributed by atoms with Gasteiger partial charge < -0.3 is 15.1 Å². The van der Waals surface area contributed by atoms with Crippen LogP contribution in [0.1, 0.15) is 47.6 Å². The first-order valence-corrected chi connectivity index (χ1v) is 11.3. The van der Waals surface area contributed by atoms with Gasteiger partial charge in [-0.1, -0.05) is 0 Å². The van der Waals surface area contributed by atoms with E-state index in [-0.39, 0.29) is 24.0 Å². The zero-order valence-corrected chi connectivity index (χ0v) is 17.7. The normalized spacial score (nSPS) is 25.1. The Bertz CT molecular complexity index is 1180. The predicted molar refractivity (Wildman–Crippen MR) is 117 cm³/mol. The van der Waals surface area contributed by atoms with Gasteiger partial charge in [-0.15, -0.1) is 0 Å². The van der Waals surface area contributed by atoms with Gasteiger partial charge in [0.2, 0.25) is 0 Å². The molecule has 1 aromatic carbocycles. The average molecular weight is 437 g/mol. The van der Waals surface area contributed by atoms with Crippen LogP contribution in [0, 0.1) is 11.6 Å². The number of pyridine rings is 1. The minimum Gasteiger partial charge on any atom is -0.364 e. The first kappa shape index (κ1) is 19.7. The van der Waals surface area contributed by atoms with Gasteiger partial charge in [0, 0.05) is 49.2 Å². The van der Waals surface area contributed by atoms with Crippen LogP contribution in [0.2, 0.25) is 0 Å². The van der Waals surface area contributed by atoms with Crippen molar-refractivity contribution in [3.05, 3.63) is 65.5 Å². The fourth-order valence-corrected chi connectivity index (χ4v) is 5.73. The Hall–Kier alpha value is -3.00. The fraction of sp³-hybridized carbons (Fsp3) is 0.417. The second-order valence-electron chi connectivity index (χ2n) is 9.05. The van der Waals surface area contributed by atoms with Crippen molar-refractivity contribution in [2.45, 2.75) is 43.8 Å². The number of fused-ring (bicyclic) bond motifs is 3. The van der Waals surface area contributed by atoms with E-state index < -0.39 is 11.6 Å². The number of halogens is 2. The number of piperazine rings is 1. The van der Waals surface area contributed by atoms with E-state index in [1.807, 2.05) is 23.2 Å². The van der Waals surface area contributed by atoms with E-state index in [0.717, 1.165) is 62.6 Å². The molecule has 6 nitrogen and oxygen atoms in total. The summed E-state index contributed by atoms with van der Waals surface area (Å²) in [5, 5.41) is 7.81. The SMILES string of the molecule is O=C(c1cnn2ccc(N3CCC[C@@H]3c3cc(F)ccc3F)cc12)N1C2CCC1CNC2. The summed E-state index contributed by atoms with van der Waals surface area (Å²) in [5.41, 5.74) is 2.61. The maximum atomic E-state index is 14.5. The molecule has 1 amide bonds. The highest BCUT2D eigenvalue weighted by Gasteiger charge is 2.40. The van der Waals surface area contributed by atoms with Crippen LogP contribution in [0.15, 0.2) is 42.7 Å². The summed E-state index contributed by atoms with van der Waals surface area (Å²) < 4.78 is 30.1. The number of hydrogen-bond donors (Lipinski definition) is 1. The largest absolute Gasteiger partial charge is 0.364 e. The average Bonchev–Trinajstić information content (AvgIpc) is 3.50. The summed E-state index contributed by atoms with van der Waals surface area (Å²) in [6, 6.07) is 7.76. The third-order valence-electron chi connectivity index (χ3n) is 7.25. The minimum atomic E-state index is -0.432. The zero-order valence-electron chi connectivity index (χ0n) is 17.7. The molecule has 8 heteroatoms. The van der Waals surface area contributed by atoms with E-state index in [9.17, 15) is 13.6 Å². The van der Waals surface area contributed by atoms with E-state index >= 15 is 0 Å². The number of benzene rings is 1. The molecule has 0 radical (unpaired) electrons. The maximum absolute atomic E-state index is 14.5. The molecule has 0 saturated carbocycles. The first-order chi connectivity index (χ1) is 15.6. The van der Waals surface area contributed by atoms with Gasteiger partial charge in [0.1, 0.15) is 11.6 Å². The van der Waals surface area contributed by atoms with Crippen molar-refractivity contribution in [1.29, 1.82) is 0 Å². The quantitative estimate of drug-likeness (QED) is 0.681. The highest BCUT2D eigenvalue weighted by Crippen LogP contribution is 2.38. The topological polar surface area (TPSA) is 52.9 Å². The van der Waals surface area contributed by atoms with Gasteiger partial charge in [0.15, 0.2) is 0 Å². The maximum Gasteiger partial charge on any atom is 0.258 e. The zero-order chi connectivity index (χ0) is 21.8. The number of aromatic nitrogens is 2. The lowest BCUT2D eigenvalue weighted by Gasteiger charge is -2.35. The van der Waals surface area contributed by atoms with Gasteiger partial charge >= 0.3 is 0 Å². The third-order valence-corrected chi connectivity index (χ3v) is 7.25. The van der Waals surface area contributed by atoms with Crippen molar-refractivity contribution in [1.82, 2.24) is 19.8 Å². The summed E-state index contributed by atoms with van der Waals surface area (Å²) in [6.07, 6.45) is 7.19. The summed E-state index contributed by atoms with van der Waals surface area (Å²) in [4.78, 5) is 17.6. The monoisotopic (exact) mass is 437 g/mol. The number of nitrogens with one attached hydrogen (secondary N) is 1. The second kappa shape index (κ2) is 7.55. The molecule has 1 N–H and O–H groups in total. The van der Waals surface area contributed by atoms with Crippen LogP contribution in [0.5, 0.6) is 0 Å². The lowest BCUT2D eigenvalue weighted by Crippen LogP contribution is -2.54. The molecule has 3 fully saturated rings. The molecule has 2 bridgehead atoms. The van der Waals surface area contributed by atoms with Crippen molar-refractivity contribution in [3.63, 3.8) is 0 Å². The number of amides is 1. The van der Waals surface area contributed by atoms with E-state index in [1.54, 1.807) is 10.7 Å². The molecule has 32 heavy (non-hydrogen) atoms. The molecule has 3 aromatic rings. The Labute approximate surface area is 184 Å². The lowest BCUT2D eigenvalue weighted by molar-refractivity contribution is 0.0621. The summed E-state index contributed by atoms with van der Waals surface area (Å²) >= 11 is 0. The van der Waals surface area contributed by atoms with E-state index in [2.05, 4.69) is 15.3 Å². The van der Waals surface area contributed by atoms with Gasteiger partial charge in [0.25, 0.3) is 5.91 Å². The second-order valence-corrected chi connectivity index (χ2v) is 9.05. The Morgan fingerprint density at radius 3 is 2.69 bits per heavy atom. The molecule has 3 atom stereocenters. The number of anilines is 1. The minimum absolute atomic E-state index is 0.0281. The molecular weight excluding hydrogens is 412 g/mol. The standard InChI is InChI=1S/C24H25F2N5O/c25-15-3-6-21(26)19(10-15)22-2-1-8-29(22)16-7-9-30-23(11-16)20(14-28-30)24(32)31-17-4-5-18(31)13-27-12-17/h3,6-7,9-11,14,17-18,22,27H,1-2,4-5,8,12-13H2/t17?,18?,22-/m1/s1. The van der Waals surface area contributed by atoms with Crippen LogP contribution in [0.25, 0.3) is 5.52 Å². The number of rotatable bonds is 3. The van der Waals surface area contributed by atoms with Crippen molar-refractivity contribution in [2.24, 2.45) is 0 Å². The van der Waals surface area contributed by atoms with Gasteiger partial charge in [-0.2, -0.15) is 5.10 Å². The van der Waals surface area contributed by atoms with Gasteiger partial charge in [-0.25, -0.2) is 13.3 Å². The molecule has 0 spiro atoms. The first-order valence-electron chi connectivity index (χ1n) is 11.3. The third kappa shape index (κ3) is 3.08. The van der Waals surface area contributed by atoms with Crippen molar-refractivity contribution >= 4 is 17.1 Å². The molecule has 2 aromatic heterocycles. The Kier molecular flexibility index (Phi) is 4.64. The Morgan fingerprint density at radius 2 is 1.88 bits per heavy atom. The Balaban J connectivity index is 1.36. The lowest BCUT2D eigenvalue weighted by atomic mass is 10.0. The summed E-state index contributed by atoms with van der Waals surface area (Å²) in [7, 11) is 0. The van der Waals surface area contributed by atoms with Crippen LogP contribution in [0.3, 0.4) is 0 Å². The van der Waals surface area contributed by atoms with Gasteiger partial charge in [-0.05, 0) is 56.0 Å². The molecule has 3 aliphatic rings. The summed E-state index contributed by atoms with van der Waals surface area (Å²) in [5.74, 6) is -0.794. The number of hydrogen-bond acceptors (Lipinski definition) is 4. The van der Waals surface area contributed by atoms with Crippen LogP contribution < -0.4 is 10.2 Å². The highest BCUT2D eigenvalue weighted by molar-refractivity contribution is 6.01.